The van der Waals surface area contributed by atoms with Crippen molar-refractivity contribution in [2.24, 2.45) is 0 Å². The van der Waals surface area contributed by atoms with E-state index in [1.807, 2.05) is 36.4 Å². The molecule has 116 valence electrons. The summed E-state index contributed by atoms with van der Waals surface area (Å²) in [5.41, 5.74) is 2.85. The Kier molecular flexibility index (Phi) is 3.34. The van der Waals surface area contributed by atoms with Gasteiger partial charge in [-0.1, -0.05) is 36.4 Å². The van der Waals surface area contributed by atoms with E-state index in [9.17, 15) is 4.79 Å². The van der Waals surface area contributed by atoms with Gasteiger partial charge in [0.25, 0.3) is 5.89 Å². The van der Waals surface area contributed by atoms with Crippen molar-refractivity contribution in [1.82, 2.24) is 10.2 Å². The summed E-state index contributed by atoms with van der Waals surface area (Å²) in [5, 5.41) is 6.26. The lowest BCUT2D eigenvalue weighted by Gasteiger charge is -2.32. The quantitative estimate of drug-likeness (QED) is 0.804. The smallest absolute Gasteiger partial charge is 0.434 e. The van der Waals surface area contributed by atoms with Crippen molar-refractivity contribution >= 4 is 5.69 Å². The molecule has 0 fully saturated rings. The number of fused-ring (bicyclic) bond motifs is 1. The Morgan fingerprint density at radius 1 is 1.13 bits per heavy atom. The van der Waals surface area contributed by atoms with E-state index in [-0.39, 0.29) is 5.89 Å². The number of rotatable bonds is 3. The molecular weight excluding hydrogens is 294 g/mol. The minimum Gasteiger partial charge on any atom is -0.490 e. The largest absolute Gasteiger partial charge is 0.490 e. The van der Waals surface area contributed by atoms with Crippen LogP contribution in [0.2, 0.25) is 0 Å². The molecule has 1 aromatic heterocycles. The summed E-state index contributed by atoms with van der Waals surface area (Å²) >= 11 is 0. The summed E-state index contributed by atoms with van der Waals surface area (Å²) in [6.07, 6.45) is 0. The monoisotopic (exact) mass is 309 g/mol. The summed E-state index contributed by atoms with van der Waals surface area (Å²) in [6.45, 7) is 2.13. The molecule has 0 radical (unpaired) electrons. The van der Waals surface area contributed by atoms with Gasteiger partial charge in [-0.3, -0.25) is 0 Å². The molecule has 0 saturated carbocycles. The van der Waals surface area contributed by atoms with Gasteiger partial charge in [0.2, 0.25) is 0 Å². The van der Waals surface area contributed by atoms with Crippen LogP contribution in [0, 0.1) is 0 Å². The minimum absolute atomic E-state index is 0.274. The van der Waals surface area contributed by atoms with Gasteiger partial charge in [0, 0.05) is 6.54 Å². The second kappa shape index (κ2) is 5.64. The SMILES string of the molecule is O=c1[nH]nc(-c2cccc3c2N(Cc2ccccc2)CCO3)o1. The van der Waals surface area contributed by atoms with E-state index in [0.717, 1.165) is 30.1 Å². The Labute approximate surface area is 132 Å². The van der Waals surface area contributed by atoms with E-state index in [2.05, 4.69) is 27.2 Å². The van der Waals surface area contributed by atoms with Crippen LogP contribution in [0.5, 0.6) is 5.75 Å². The van der Waals surface area contributed by atoms with Crippen molar-refractivity contribution in [1.29, 1.82) is 0 Å². The van der Waals surface area contributed by atoms with Crippen molar-refractivity contribution in [2.75, 3.05) is 18.1 Å². The highest BCUT2D eigenvalue weighted by atomic mass is 16.5. The fraction of sp³-hybridized carbons (Fsp3) is 0.176. The van der Waals surface area contributed by atoms with E-state index in [1.165, 1.54) is 5.56 Å². The lowest BCUT2D eigenvalue weighted by molar-refractivity contribution is 0.307. The maximum atomic E-state index is 11.3. The fourth-order valence-electron chi connectivity index (χ4n) is 2.82. The number of anilines is 1. The lowest BCUT2D eigenvalue weighted by Crippen LogP contribution is -2.32. The molecule has 0 aliphatic carbocycles. The van der Waals surface area contributed by atoms with Crippen LogP contribution in [0.3, 0.4) is 0 Å². The summed E-state index contributed by atoms with van der Waals surface area (Å²) in [4.78, 5) is 13.5. The number of nitrogens with one attached hydrogen (secondary N) is 1. The van der Waals surface area contributed by atoms with Crippen LogP contribution in [-0.4, -0.2) is 23.3 Å². The van der Waals surface area contributed by atoms with Gasteiger partial charge < -0.3 is 14.1 Å². The van der Waals surface area contributed by atoms with Crippen LogP contribution >= 0.6 is 0 Å². The maximum absolute atomic E-state index is 11.3. The molecule has 1 aliphatic rings. The maximum Gasteiger partial charge on any atom is 0.434 e. The first-order chi connectivity index (χ1) is 11.3. The van der Waals surface area contributed by atoms with Gasteiger partial charge in [0.05, 0.1) is 17.8 Å². The normalized spacial score (nSPS) is 13.5. The molecule has 6 heteroatoms. The number of hydrogen-bond acceptors (Lipinski definition) is 5. The van der Waals surface area contributed by atoms with Crippen LogP contribution in [0.25, 0.3) is 11.5 Å². The number of ether oxygens (including phenoxy) is 1. The van der Waals surface area contributed by atoms with E-state index < -0.39 is 5.76 Å². The first-order valence-corrected chi connectivity index (χ1v) is 7.42. The molecule has 23 heavy (non-hydrogen) atoms. The van der Waals surface area contributed by atoms with Gasteiger partial charge >= 0.3 is 5.76 Å². The molecular formula is C17H15N3O3. The number of para-hydroxylation sites is 1. The first kappa shape index (κ1) is 13.6. The highest BCUT2D eigenvalue weighted by molar-refractivity contribution is 5.79. The Morgan fingerprint density at radius 2 is 2.00 bits per heavy atom. The second-order valence-electron chi connectivity index (χ2n) is 5.33. The van der Waals surface area contributed by atoms with Gasteiger partial charge in [0.15, 0.2) is 0 Å². The van der Waals surface area contributed by atoms with E-state index in [4.69, 9.17) is 9.15 Å². The highest BCUT2D eigenvalue weighted by Crippen LogP contribution is 2.40. The van der Waals surface area contributed by atoms with Gasteiger partial charge in [-0.25, -0.2) is 9.89 Å². The molecule has 0 saturated heterocycles. The molecule has 6 nitrogen and oxygen atoms in total. The predicted molar refractivity (Wildman–Crippen MR) is 85.5 cm³/mol. The van der Waals surface area contributed by atoms with E-state index >= 15 is 0 Å². The van der Waals surface area contributed by atoms with Crippen molar-refractivity contribution in [3.63, 3.8) is 0 Å². The molecule has 1 aliphatic heterocycles. The summed E-state index contributed by atoms with van der Waals surface area (Å²) in [5.74, 6) is 0.481. The molecule has 2 aromatic carbocycles. The molecule has 0 atom stereocenters. The van der Waals surface area contributed by atoms with Crippen molar-refractivity contribution in [3.05, 3.63) is 64.6 Å². The van der Waals surface area contributed by atoms with Crippen molar-refractivity contribution < 1.29 is 9.15 Å². The van der Waals surface area contributed by atoms with Crippen LogP contribution < -0.4 is 15.4 Å². The first-order valence-electron chi connectivity index (χ1n) is 7.42. The molecule has 0 amide bonds. The topological polar surface area (TPSA) is 71.4 Å². The van der Waals surface area contributed by atoms with Crippen LogP contribution in [0.1, 0.15) is 5.56 Å². The van der Waals surface area contributed by atoms with Gasteiger partial charge in [-0.2, -0.15) is 0 Å². The summed E-state index contributed by atoms with van der Waals surface area (Å²) < 4.78 is 10.9. The zero-order valence-electron chi connectivity index (χ0n) is 12.4. The van der Waals surface area contributed by atoms with Crippen LogP contribution in [0.4, 0.5) is 5.69 Å². The number of benzene rings is 2. The van der Waals surface area contributed by atoms with Crippen molar-refractivity contribution in [3.8, 4) is 17.2 Å². The molecule has 0 bridgehead atoms. The van der Waals surface area contributed by atoms with Crippen LogP contribution in [-0.2, 0) is 6.54 Å². The molecule has 2 heterocycles. The molecule has 3 aromatic rings. The average molecular weight is 309 g/mol. The molecule has 0 spiro atoms. The zero-order valence-corrected chi connectivity index (χ0v) is 12.4. The Morgan fingerprint density at radius 3 is 2.78 bits per heavy atom. The van der Waals surface area contributed by atoms with Gasteiger partial charge in [-0.05, 0) is 17.7 Å². The van der Waals surface area contributed by atoms with Gasteiger partial charge in [-0.15, -0.1) is 5.10 Å². The summed E-state index contributed by atoms with van der Waals surface area (Å²) in [6, 6.07) is 15.9. The third kappa shape index (κ3) is 2.59. The van der Waals surface area contributed by atoms with E-state index in [1.54, 1.807) is 0 Å². The number of aromatic nitrogens is 2. The molecule has 4 rings (SSSR count). The number of nitrogens with zero attached hydrogens (tertiary/aromatic N) is 2. The average Bonchev–Trinajstić information content (AvgIpc) is 3.02. The minimum atomic E-state index is -0.566. The Hall–Kier alpha value is -3.02. The fourth-order valence-corrected chi connectivity index (χ4v) is 2.82. The van der Waals surface area contributed by atoms with E-state index in [0.29, 0.717) is 6.61 Å². The standard InChI is InChI=1S/C17H15N3O3/c21-17-19-18-16(23-17)13-7-4-8-14-15(13)20(9-10-22-14)11-12-5-2-1-3-6-12/h1-8H,9-11H2,(H,19,21). The lowest BCUT2D eigenvalue weighted by atomic mass is 10.1. The number of aromatic amines is 1. The Bertz CT molecular complexity index is 870. The van der Waals surface area contributed by atoms with Gasteiger partial charge in [0.1, 0.15) is 12.4 Å². The zero-order chi connectivity index (χ0) is 15.6. The summed E-state index contributed by atoms with van der Waals surface area (Å²) in [7, 11) is 0. The predicted octanol–water partition coefficient (Wildman–Crippen LogP) is 2.43. The highest BCUT2D eigenvalue weighted by Gasteiger charge is 2.24. The number of hydrogen-bond donors (Lipinski definition) is 1. The Balaban J connectivity index is 1.78. The third-order valence-electron chi connectivity index (χ3n) is 3.82. The molecule has 1 N–H and O–H groups in total. The third-order valence-corrected chi connectivity index (χ3v) is 3.82. The second-order valence-corrected chi connectivity index (χ2v) is 5.33. The molecule has 0 unspecified atom stereocenters. The van der Waals surface area contributed by atoms with Crippen LogP contribution in [0.15, 0.2) is 57.7 Å². The van der Waals surface area contributed by atoms with Crippen molar-refractivity contribution in [2.45, 2.75) is 6.54 Å². The number of H-pyrrole nitrogens is 1.